The van der Waals surface area contributed by atoms with Gasteiger partial charge in [-0.1, -0.05) is 28.7 Å². The summed E-state index contributed by atoms with van der Waals surface area (Å²) in [7, 11) is 0. The predicted molar refractivity (Wildman–Crippen MR) is 80.7 cm³/mol. The molecule has 19 heavy (non-hydrogen) atoms. The molecule has 1 saturated heterocycles. The molecule has 1 aliphatic heterocycles. The highest BCUT2D eigenvalue weighted by Crippen LogP contribution is 2.10. The number of hydrogen-bond acceptors (Lipinski definition) is 6. The first-order chi connectivity index (χ1) is 9.01. The van der Waals surface area contributed by atoms with Crippen molar-refractivity contribution in [2.75, 3.05) is 13.1 Å². The Balaban J connectivity index is 2.19. The van der Waals surface area contributed by atoms with Gasteiger partial charge in [-0.15, -0.1) is 0 Å². The zero-order chi connectivity index (χ0) is 14.3. The predicted octanol–water partition coefficient (Wildman–Crippen LogP) is -0.0505. The van der Waals surface area contributed by atoms with Crippen molar-refractivity contribution in [2.45, 2.75) is 35.5 Å². The Labute approximate surface area is 126 Å². The second kappa shape index (κ2) is 8.80. The van der Waals surface area contributed by atoms with Crippen LogP contribution in [0, 0.1) is 0 Å². The number of hydrazine groups is 2. The van der Waals surface area contributed by atoms with Crippen LogP contribution in [0.15, 0.2) is 11.8 Å². The van der Waals surface area contributed by atoms with Crippen LogP contribution in [0.1, 0.15) is 19.3 Å². The topological polar surface area (TPSA) is 96.4 Å². The molecule has 0 aromatic heterocycles. The number of halogens is 2. The standard InChI is InChI=1S/C11H21FIN5O/c12-8(1-2-9(14)3-4-11(13)15)5-18-6-10(7-19)16-17-18/h3,7-8,10-11,16-17H,1-2,4-6,14-15H2. The monoisotopic (exact) mass is 385 g/mol. The normalized spacial score (nSPS) is 24.4. The van der Waals surface area contributed by atoms with Gasteiger partial charge < -0.3 is 16.3 Å². The van der Waals surface area contributed by atoms with Crippen LogP contribution in [0.4, 0.5) is 4.39 Å². The van der Waals surface area contributed by atoms with Crippen molar-refractivity contribution in [3.8, 4) is 0 Å². The van der Waals surface area contributed by atoms with Gasteiger partial charge in [0.1, 0.15) is 12.5 Å². The van der Waals surface area contributed by atoms with Gasteiger partial charge in [-0.2, -0.15) is 5.53 Å². The number of carbonyl (C=O) groups is 1. The summed E-state index contributed by atoms with van der Waals surface area (Å²) in [6, 6.07) is -0.276. The maximum Gasteiger partial charge on any atom is 0.139 e. The maximum absolute atomic E-state index is 13.7. The summed E-state index contributed by atoms with van der Waals surface area (Å²) in [5.74, 6) is 0. The average molecular weight is 385 g/mol. The lowest BCUT2D eigenvalue weighted by atomic mass is 10.1. The molecule has 3 unspecified atom stereocenters. The van der Waals surface area contributed by atoms with Gasteiger partial charge in [0.15, 0.2) is 0 Å². The van der Waals surface area contributed by atoms with Crippen molar-refractivity contribution in [2.24, 2.45) is 11.5 Å². The third-order valence-electron chi connectivity index (χ3n) is 2.76. The summed E-state index contributed by atoms with van der Waals surface area (Å²) >= 11 is 2.11. The van der Waals surface area contributed by atoms with Gasteiger partial charge in [0.2, 0.25) is 0 Å². The van der Waals surface area contributed by atoms with Crippen LogP contribution in [0.25, 0.3) is 0 Å². The smallest absolute Gasteiger partial charge is 0.139 e. The lowest BCUT2D eigenvalue weighted by Crippen LogP contribution is -2.40. The third kappa shape index (κ3) is 7.16. The van der Waals surface area contributed by atoms with E-state index in [-0.39, 0.29) is 16.6 Å². The summed E-state index contributed by atoms with van der Waals surface area (Å²) in [5, 5.41) is 1.66. The van der Waals surface area contributed by atoms with Gasteiger partial charge in [-0.25, -0.2) is 14.8 Å². The zero-order valence-electron chi connectivity index (χ0n) is 10.7. The molecule has 3 atom stereocenters. The largest absolute Gasteiger partial charge is 0.402 e. The number of nitrogens with zero attached hydrogens (tertiary/aromatic N) is 1. The van der Waals surface area contributed by atoms with Crippen molar-refractivity contribution < 1.29 is 9.18 Å². The molecule has 0 aromatic carbocycles. The van der Waals surface area contributed by atoms with Crippen LogP contribution in [0.3, 0.4) is 0 Å². The average Bonchev–Trinajstić information content (AvgIpc) is 2.81. The number of allylic oxidation sites excluding steroid dienone is 1. The number of alkyl halides is 2. The van der Waals surface area contributed by atoms with Crippen molar-refractivity contribution in [1.29, 1.82) is 0 Å². The van der Waals surface area contributed by atoms with Crippen molar-refractivity contribution in [3.63, 3.8) is 0 Å². The Kier molecular flexibility index (Phi) is 7.76. The Morgan fingerprint density at radius 2 is 2.37 bits per heavy atom. The molecule has 0 spiro atoms. The summed E-state index contributed by atoms with van der Waals surface area (Å²) in [6.07, 6.45) is 3.24. The molecule has 1 aliphatic rings. The molecule has 0 saturated carbocycles. The van der Waals surface area contributed by atoms with Gasteiger partial charge in [0, 0.05) is 18.8 Å². The minimum absolute atomic E-state index is 0.0393. The van der Waals surface area contributed by atoms with E-state index in [1.54, 1.807) is 5.01 Å². The Morgan fingerprint density at radius 1 is 1.63 bits per heavy atom. The van der Waals surface area contributed by atoms with Crippen LogP contribution < -0.4 is 22.4 Å². The molecule has 0 amide bonds. The van der Waals surface area contributed by atoms with E-state index in [4.69, 9.17) is 11.5 Å². The zero-order valence-corrected chi connectivity index (χ0v) is 12.8. The summed E-state index contributed by atoms with van der Waals surface area (Å²) < 4.78 is 13.8. The first-order valence-electron chi connectivity index (χ1n) is 6.21. The van der Waals surface area contributed by atoms with E-state index in [9.17, 15) is 9.18 Å². The number of aldehydes is 1. The molecular formula is C11H21FIN5O. The summed E-state index contributed by atoms with van der Waals surface area (Å²) in [5.41, 5.74) is 17.6. The highest BCUT2D eigenvalue weighted by Gasteiger charge is 2.23. The Hall–Kier alpha value is -0.290. The van der Waals surface area contributed by atoms with Crippen LogP contribution in [-0.4, -0.2) is 40.6 Å². The SMILES string of the molecule is NC(=CCC(N)I)CCC(F)CN1CC(C=O)NN1. The van der Waals surface area contributed by atoms with Gasteiger partial charge >= 0.3 is 0 Å². The number of rotatable bonds is 8. The Morgan fingerprint density at radius 3 is 2.95 bits per heavy atom. The maximum atomic E-state index is 13.7. The van der Waals surface area contributed by atoms with Crippen molar-refractivity contribution in [1.82, 2.24) is 16.0 Å². The third-order valence-corrected chi connectivity index (χ3v) is 3.27. The second-order valence-corrected chi connectivity index (χ2v) is 6.17. The van der Waals surface area contributed by atoms with Gasteiger partial charge in [0.05, 0.1) is 10.1 Å². The fraction of sp³-hybridized carbons (Fsp3) is 0.727. The first-order valence-corrected chi connectivity index (χ1v) is 7.45. The van der Waals surface area contributed by atoms with Crippen molar-refractivity contribution >= 4 is 28.9 Å². The molecule has 110 valence electrons. The Bertz CT molecular complexity index is 315. The molecule has 6 N–H and O–H groups in total. The molecule has 8 heteroatoms. The molecule has 0 aliphatic carbocycles. The lowest BCUT2D eigenvalue weighted by Gasteiger charge is -2.17. The molecule has 1 rings (SSSR count). The number of carbonyl (C=O) groups excluding carboxylic acids is 1. The van der Waals surface area contributed by atoms with E-state index in [2.05, 4.69) is 33.6 Å². The highest BCUT2D eigenvalue weighted by molar-refractivity contribution is 14.1. The first kappa shape index (κ1) is 16.8. The fourth-order valence-electron chi connectivity index (χ4n) is 1.72. The van der Waals surface area contributed by atoms with E-state index in [0.717, 1.165) is 6.29 Å². The fourth-order valence-corrected chi connectivity index (χ4v) is 1.97. The molecule has 1 fully saturated rings. The lowest BCUT2D eigenvalue weighted by molar-refractivity contribution is -0.109. The number of nitrogens with one attached hydrogen (secondary N) is 2. The molecule has 0 bridgehead atoms. The minimum Gasteiger partial charge on any atom is -0.402 e. The molecule has 0 aromatic rings. The van der Waals surface area contributed by atoms with Crippen LogP contribution in [0.5, 0.6) is 0 Å². The van der Waals surface area contributed by atoms with E-state index in [1.165, 1.54) is 0 Å². The molecule has 0 radical (unpaired) electrons. The highest BCUT2D eigenvalue weighted by atomic mass is 127. The number of nitrogens with two attached hydrogens (primary N) is 2. The van der Waals surface area contributed by atoms with Gasteiger partial charge in [-0.3, -0.25) is 0 Å². The van der Waals surface area contributed by atoms with Gasteiger partial charge in [0.25, 0.3) is 0 Å². The summed E-state index contributed by atoms with van der Waals surface area (Å²) in [4.78, 5) is 10.5. The van der Waals surface area contributed by atoms with E-state index in [0.29, 0.717) is 31.5 Å². The second-order valence-electron chi connectivity index (χ2n) is 4.57. The van der Waals surface area contributed by atoms with E-state index in [1.807, 2.05) is 6.08 Å². The minimum atomic E-state index is -0.986. The molecular weight excluding hydrogens is 364 g/mol. The molecule has 1 heterocycles. The quantitative estimate of drug-likeness (QED) is 0.203. The van der Waals surface area contributed by atoms with E-state index >= 15 is 0 Å². The van der Waals surface area contributed by atoms with Crippen LogP contribution in [0.2, 0.25) is 0 Å². The van der Waals surface area contributed by atoms with Gasteiger partial charge in [-0.05, 0) is 19.3 Å². The number of hydrogen-bond donors (Lipinski definition) is 4. The van der Waals surface area contributed by atoms with E-state index < -0.39 is 6.17 Å². The molecule has 6 nitrogen and oxygen atoms in total. The van der Waals surface area contributed by atoms with Crippen LogP contribution in [-0.2, 0) is 4.79 Å². The van der Waals surface area contributed by atoms with Crippen molar-refractivity contribution in [3.05, 3.63) is 11.8 Å². The summed E-state index contributed by atoms with van der Waals surface area (Å²) in [6.45, 7) is 0.704. The van der Waals surface area contributed by atoms with Crippen LogP contribution >= 0.6 is 22.6 Å².